The minimum absolute atomic E-state index is 0.0377. The van der Waals surface area contributed by atoms with Crippen LogP contribution in [0.15, 0.2) is 48.5 Å². The van der Waals surface area contributed by atoms with E-state index < -0.39 is 48.6 Å². The van der Waals surface area contributed by atoms with Gasteiger partial charge in [-0.3, -0.25) is 0 Å². The molecule has 2 aromatic rings. The summed E-state index contributed by atoms with van der Waals surface area (Å²) in [5, 5.41) is 9.67. The van der Waals surface area contributed by atoms with Crippen molar-refractivity contribution in [1.29, 1.82) is 0 Å². The van der Waals surface area contributed by atoms with Crippen molar-refractivity contribution in [3.8, 4) is 5.75 Å². The van der Waals surface area contributed by atoms with Gasteiger partial charge in [-0.05, 0) is 55.0 Å². The van der Waals surface area contributed by atoms with Crippen LogP contribution in [-0.4, -0.2) is 36.7 Å². The Morgan fingerprint density at radius 1 is 0.919 bits per heavy atom. The summed E-state index contributed by atoms with van der Waals surface area (Å²) in [7, 11) is 0. The van der Waals surface area contributed by atoms with Crippen LogP contribution in [0, 0.1) is 11.8 Å². The molecule has 1 aliphatic carbocycles. The highest BCUT2D eigenvalue weighted by atomic mass is 19.4. The molecule has 206 valence electrons. The molecule has 37 heavy (non-hydrogen) atoms. The molecule has 1 fully saturated rings. The lowest BCUT2D eigenvalue weighted by atomic mass is 9.80. The number of benzene rings is 2. The first-order valence-electron chi connectivity index (χ1n) is 11.6. The maximum Gasteiger partial charge on any atom is 0.416 e. The molecule has 3 nitrogen and oxygen atoms in total. The van der Waals surface area contributed by atoms with Crippen LogP contribution in [0.2, 0.25) is 0 Å². The first kappa shape index (κ1) is 28.9. The summed E-state index contributed by atoms with van der Waals surface area (Å²) in [6.07, 6.45) is -16.2. The average molecular weight is 543 g/mol. The summed E-state index contributed by atoms with van der Waals surface area (Å²) in [6, 6.07) is 10.1. The number of nitrogens with zero attached hydrogens (tertiary/aromatic N) is 1. The highest BCUT2D eigenvalue weighted by Gasteiger charge is 2.43. The second-order valence-corrected chi connectivity index (χ2v) is 9.22. The zero-order valence-electron chi connectivity index (χ0n) is 19.5. The molecule has 0 aromatic heterocycles. The number of anilines is 1. The van der Waals surface area contributed by atoms with Crippen molar-refractivity contribution in [1.82, 2.24) is 0 Å². The third-order valence-corrected chi connectivity index (χ3v) is 6.34. The van der Waals surface area contributed by atoms with Gasteiger partial charge in [0.2, 0.25) is 0 Å². The van der Waals surface area contributed by atoms with Crippen molar-refractivity contribution >= 4 is 5.69 Å². The van der Waals surface area contributed by atoms with E-state index in [2.05, 4.69) is 0 Å². The second kappa shape index (κ2) is 11.4. The molecule has 0 aliphatic heterocycles. The lowest BCUT2D eigenvalue weighted by molar-refractivity contribution is -0.200. The molecule has 0 bridgehead atoms. The molecule has 0 amide bonds. The van der Waals surface area contributed by atoms with Crippen molar-refractivity contribution in [2.45, 2.75) is 56.9 Å². The number of halogens is 9. The summed E-state index contributed by atoms with van der Waals surface area (Å²) < 4.78 is 123. The minimum atomic E-state index is -4.93. The lowest BCUT2D eigenvalue weighted by Crippen LogP contribution is -2.44. The van der Waals surface area contributed by atoms with Gasteiger partial charge >= 0.3 is 18.5 Å². The Morgan fingerprint density at radius 3 is 2.27 bits per heavy atom. The Balaban J connectivity index is 1.77. The van der Waals surface area contributed by atoms with Crippen LogP contribution in [0.5, 0.6) is 5.75 Å². The maximum atomic E-state index is 13.2. The highest BCUT2D eigenvalue weighted by Crippen LogP contribution is 2.41. The number of rotatable bonds is 8. The molecule has 1 N–H and O–H groups in total. The van der Waals surface area contributed by atoms with Crippen LogP contribution in [0.1, 0.15) is 36.8 Å². The Morgan fingerprint density at radius 2 is 1.62 bits per heavy atom. The second-order valence-electron chi connectivity index (χ2n) is 9.22. The van der Waals surface area contributed by atoms with Gasteiger partial charge in [-0.2, -0.15) is 39.5 Å². The van der Waals surface area contributed by atoms with E-state index in [9.17, 15) is 44.6 Å². The Hall–Kier alpha value is -2.63. The molecule has 0 spiro atoms. The average Bonchev–Trinajstić information content (AvgIpc) is 2.81. The van der Waals surface area contributed by atoms with Crippen molar-refractivity contribution in [3.63, 3.8) is 0 Å². The van der Waals surface area contributed by atoms with Gasteiger partial charge in [0.1, 0.15) is 12.4 Å². The summed E-state index contributed by atoms with van der Waals surface area (Å²) in [5.41, 5.74) is -0.469. The monoisotopic (exact) mass is 543 g/mol. The van der Waals surface area contributed by atoms with Gasteiger partial charge in [-0.25, -0.2) is 0 Å². The third-order valence-electron chi connectivity index (χ3n) is 6.34. The Kier molecular flexibility index (Phi) is 8.92. The SMILES string of the molecule is OC(CN(CC1CCCC(C(F)(F)F)C1)c1cccc(OCc2cccc(C(F)(F)F)c2)c1)C(F)(F)F. The fraction of sp³-hybridized carbons (Fsp3) is 0.520. The van der Waals surface area contributed by atoms with Crippen molar-refractivity contribution < 1.29 is 49.4 Å². The molecular weight excluding hydrogens is 517 g/mol. The van der Waals surface area contributed by atoms with Crippen LogP contribution < -0.4 is 9.64 Å². The normalized spacial score (nSPS) is 19.9. The maximum absolute atomic E-state index is 13.2. The van der Waals surface area contributed by atoms with E-state index in [1.165, 1.54) is 41.3 Å². The lowest BCUT2D eigenvalue weighted by Gasteiger charge is -2.36. The summed E-state index contributed by atoms with van der Waals surface area (Å²) in [4.78, 5) is 1.18. The van der Waals surface area contributed by atoms with E-state index >= 15 is 0 Å². The molecular formula is C25H26F9NO2. The first-order valence-corrected chi connectivity index (χ1v) is 11.6. The first-order chi connectivity index (χ1) is 17.1. The topological polar surface area (TPSA) is 32.7 Å². The number of ether oxygens (including phenoxy) is 1. The van der Waals surface area contributed by atoms with Gasteiger partial charge < -0.3 is 14.7 Å². The van der Waals surface area contributed by atoms with E-state index in [1.54, 1.807) is 0 Å². The predicted molar refractivity (Wildman–Crippen MR) is 118 cm³/mol. The van der Waals surface area contributed by atoms with E-state index in [1.807, 2.05) is 0 Å². The number of hydrogen-bond acceptors (Lipinski definition) is 3. The van der Waals surface area contributed by atoms with Gasteiger partial charge in [0, 0.05) is 18.3 Å². The van der Waals surface area contributed by atoms with Gasteiger partial charge in [0.05, 0.1) is 18.0 Å². The minimum Gasteiger partial charge on any atom is -0.489 e. The zero-order valence-corrected chi connectivity index (χ0v) is 19.5. The van der Waals surface area contributed by atoms with E-state index in [-0.39, 0.29) is 49.4 Å². The fourth-order valence-corrected chi connectivity index (χ4v) is 4.44. The summed E-state index contributed by atoms with van der Waals surface area (Å²) >= 11 is 0. The third kappa shape index (κ3) is 8.44. The van der Waals surface area contributed by atoms with Gasteiger partial charge in [-0.15, -0.1) is 0 Å². The smallest absolute Gasteiger partial charge is 0.416 e. The van der Waals surface area contributed by atoms with E-state index in [4.69, 9.17) is 4.74 Å². The molecule has 0 heterocycles. The van der Waals surface area contributed by atoms with Crippen LogP contribution >= 0.6 is 0 Å². The van der Waals surface area contributed by atoms with Gasteiger partial charge in [-0.1, -0.05) is 24.6 Å². The standard InChI is InChI=1S/C25H26F9NO2/c26-23(27,28)18-6-1-4-16(10-18)13-35(14-22(36)25(32,33)34)20-8-3-9-21(12-20)37-15-17-5-2-7-19(11-17)24(29,30)31/h2-3,5,7-9,11-12,16,18,22,36H,1,4,6,10,13-15H2. The number of aliphatic hydroxyl groups excluding tert-OH is 1. The van der Waals surface area contributed by atoms with Crippen LogP contribution in [0.25, 0.3) is 0 Å². The molecule has 0 saturated heterocycles. The highest BCUT2D eigenvalue weighted by molar-refractivity contribution is 5.51. The number of alkyl halides is 9. The molecule has 3 unspecified atom stereocenters. The van der Waals surface area contributed by atoms with Crippen LogP contribution in [0.3, 0.4) is 0 Å². The molecule has 2 aromatic carbocycles. The van der Waals surface area contributed by atoms with Crippen LogP contribution in [-0.2, 0) is 12.8 Å². The Bertz CT molecular complexity index is 1020. The molecule has 1 saturated carbocycles. The van der Waals surface area contributed by atoms with E-state index in [0.717, 1.165) is 12.1 Å². The van der Waals surface area contributed by atoms with Gasteiger partial charge in [0.15, 0.2) is 6.10 Å². The summed E-state index contributed by atoms with van der Waals surface area (Å²) in [5.74, 6) is -1.95. The molecule has 1 aliphatic rings. The van der Waals surface area contributed by atoms with Crippen molar-refractivity contribution in [2.75, 3.05) is 18.0 Å². The Labute approximate surface area is 207 Å². The number of aliphatic hydroxyl groups is 1. The van der Waals surface area contributed by atoms with Crippen LogP contribution in [0.4, 0.5) is 45.2 Å². The fourth-order valence-electron chi connectivity index (χ4n) is 4.44. The van der Waals surface area contributed by atoms with E-state index in [0.29, 0.717) is 6.42 Å². The zero-order chi connectivity index (χ0) is 27.4. The molecule has 3 atom stereocenters. The molecule has 12 heteroatoms. The van der Waals surface area contributed by atoms with Crippen molar-refractivity contribution in [3.05, 3.63) is 59.7 Å². The van der Waals surface area contributed by atoms with Crippen molar-refractivity contribution in [2.24, 2.45) is 11.8 Å². The predicted octanol–water partition coefficient (Wildman–Crippen LogP) is 7.38. The number of hydrogen-bond donors (Lipinski definition) is 1. The largest absolute Gasteiger partial charge is 0.489 e. The molecule has 3 rings (SSSR count). The molecule has 0 radical (unpaired) electrons. The summed E-state index contributed by atoms with van der Waals surface area (Å²) in [6.45, 7) is -1.29. The van der Waals surface area contributed by atoms with Gasteiger partial charge in [0.25, 0.3) is 0 Å². The quantitative estimate of drug-likeness (QED) is 0.353.